The van der Waals surface area contributed by atoms with E-state index < -0.39 is 0 Å². The van der Waals surface area contributed by atoms with Gasteiger partial charge in [-0.2, -0.15) is 0 Å². The highest BCUT2D eigenvalue weighted by Gasteiger charge is 2.36. The number of aromatic nitrogens is 1. The van der Waals surface area contributed by atoms with Gasteiger partial charge >= 0.3 is 0 Å². The monoisotopic (exact) mass is 300 g/mol. The molecule has 2 aromatic heterocycles. The van der Waals surface area contributed by atoms with Gasteiger partial charge < -0.3 is 14.1 Å². The number of aryl methyl sites for hydroxylation is 1. The van der Waals surface area contributed by atoms with Gasteiger partial charge in [0.2, 0.25) is 5.91 Å². The smallest absolute Gasteiger partial charge is 0.228 e. The van der Waals surface area contributed by atoms with Crippen LogP contribution >= 0.6 is 0 Å². The van der Waals surface area contributed by atoms with Crippen molar-refractivity contribution in [3.05, 3.63) is 53.7 Å². The van der Waals surface area contributed by atoms with Gasteiger partial charge in [0, 0.05) is 38.2 Å². The Morgan fingerprint density at radius 1 is 1.45 bits per heavy atom. The molecule has 3 heterocycles. The van der Waals surface area contributed by atoms with Gasteiger partial charge in [0.25, 0.3) is 0 Å². The first-order valence-electron chi connectivity index (χ1n) is 7.46. The molecule has 1 amide bonds. The zero-order chi connectivity index (χ0) is 15.5. The molecule has 0 radical (unpaired) electrons. The fourth-order valence-electron chi connectivity index (χ4n) is 2.91. The molecule has 5 nitrogen and oxygen atoms in total. The summed E-state index contributed by atoms with van der Waals surface area (Å²) in [5.41, 5.74) is 2.00. The van der Waals surface area contributed by atoms with Crippen LogP contribution in [0.1, 0.15) is 29.4 Å². The van der Waals surface area contributed by atoms with Gasteiger partial charge in [-0.25, -0.2) is 0 Å². The maximum atomic E-state index is 12.8. The third-order valence-corrected chi connectivity index (χ3v) is 4.17. The van der Waals surface area contributed by atoms with E-state index in [4.69, 9.17) is 9.15 Å². The van der Waals surface area contributed by atoms with Crippen LogP contribution < -0.4 is 0 Å². The third-order valence-electron chi connectivity index (χ3n) is 4.17. The highest BCUT2D eigenvalue weighted by atomic mass is 16.5. The molecule has 22 heavy (non-hydrogen) atoms. The molecule has 0 bridgehead atoms. The SMILES string of the molecule is Cc1occc1CN(C)C(=O)[C@H]1CCO[C@@H]1c1cccnc1. The number of pyridine rings is 1. The van der Waals surface area contributed by atoms with Gasteiger partial charge in [0.05, 0.1) is 18.3 Å². The number of nitrogens with zero attached hydrogens (tertiary/aromatic N) is 2. The second-order valence-corrected chi connectivity index (χ2v) is 5.67. The molecule has 0 spiro atoms. The minimum Gasteiger partial charge on any atom is -0.469 e. The Kier molecular flexibility index (Phi) is 4.24. The largest absolute Gasteiger partial charge is 0.469 e. The van der Waals surface area contributed by atoms with Gasteiger partial charge in [-0.1, -0.05) is 6.07 Å². The highest BCUT2D eigenvalue weighted by molar-refractivity contribution is 5.79. The molecular weight excluding hydrogens is 280 g/mol. The molecule has 116 valence electrons. The van der Waals surface area contributed by atoms with Crippen LogP contribution in [-0.4, -0.2) is 29.4 Å². The van der Waals surface area contributed by atoms with Crippen molar-refractivity contribution in [2.75, 3.05) is 13.7 Å². The third kappa shape index (κ3) is 2.90. The molecule has 2 atom stereocenters. The number of carbonyl (C=O) groups excluding carboxylic acids is 1. The minimum atomic E-state index is -0.200. The van der Waals surface area contributed by atoms with E-state index in [0.717, 1.165) is 23.3 Å². The van der Waals surface area contributed by atoms with E-state index in [-0.39, 0.29) is 17.9 Å². The lowest BCUT2D eigenvalue weighted by atomic mass is 9.95. The fourth-order valence-corrected chi connectivity index (χ4v) is 2.91. The summed E-state index contributed by atoms with van der Waals surface area (Å²) in [6, 6.07) is 5.74. The van der Waals surface area contributed by atoms with Gasteiger partial charge in [0.15, 0.2) is 0 Å². The predicted octanol–water partition coefficient (Wildman–Crippen LogP) is 2.72. The lowest BCUT2D eigenvalue weighted by Gasteiger charge is -2.24. The van der Waals surface area contributed by atoms with Crippen LogP contribution in [0.2, 0.25) is 0 Å². The van der Waals surface area contributed by atoms with Crippen molar-refractivity contribution in [1.82, 2.24) is 9.88 Å². The highest BCUT2D eigenvalue weighted by Crippen LogP contribution is 2.35. The first-order chi connectivity index (χ1) is 10.7. The molecule has 5 heteroatoms. The van der Waals surface area contributed by atoms with E-state index in [1.807, 2.05) is 32.2 Å². The van der Waals surface area contributed by atoms with Crippen molar-refractivity contribution in [2.45, 2.75) is 26.0 Å². The molecule has 0 saturated carbocycles. The van der Waals surface area contributed by atoms with Crippen molar-refractivity contribution < 1.29 is 13.9 Å². The standard InChI is InChI=1S/C17H20N2O3/c1-12-14(5-8-21-12)11-19(2)17(20)15-6-9-22-16(15)13-4-3-7-18-10-13/h3-5,7-8,10,15-16H,6,9,11H2,1-2H3/t15-,16+/m0/s1. The summed E-state index contributed by atoms with van der Waals surface area (Å²) in [5.74, 6) is 0.805. The second-order valence-electron chi connectivity index (χ2n) is 5.67. The zero-order valence-corrected chi connectivity index (χ0v) is 12.9. The summed E-state index contributed by atoms with van der Waals surface area (Å²) >= 11 is 0. The van der Waals surface area contributed by atoms with E-state index in [0.29, 0.717) is 13.2 Å². The van der Waals surface area contributed by atoms with Gasteiger partial charge in [-0.05, 0) is 31.0 Å². The molecule has 1 fully saturated rings. The van der Waals surface area contributed by atoms with Crippen LogP contribution in [0.25, 0.3) is 0 Å². The molecule has 0 aliphatic carbocycles. The lowest BCUT2D eigenvalue weighted by molar-refractivity contribution is -0.136. The van der Waals surface area contributed by atoms with Crippen molar-refractivity contribution in [3.8, 4) is 0 Å². The quantitative estimate of drug-likeness (QED) is 0.871. The molecule has 1 aliphatic heterocycles. The number of hydrogen-bond donors (Lipinski definition) is 0. The van der Waals surface area contributed by atoms with Crippen LogP contribution in [0.4, 0.5) is 0 Å². The van der Waals surface area contributed by atoms with E-state index >= 15 is 0 Å². The molecule has 2 aromatic rings. The number of rotatable bonds is 4. The normalized spacial score (nSPS) is 21.0. The molecular formula is C17H20N2O3. The average molecular weight is 300 g/mol. The number of amides is 1. The Morgan fingerprint density at radius 2 is 2.32 bits per heavy atom. The lowest BCUT2D eigenvalue weighted by Crippen LogP contribution is -2.34. The first-order valence-corrected chi connectivity index (χ1v) is 7.46. The molecule has 0 N–H and O–H groups in total. The molecule has 3 rings (SSSR count). The van der Waals surface area contributed by atoms with Crippen molar-refractivity contribution in [2.24, 2.45) is 5.92 Å². The van der Waals surface area contributed by atoms with Gasteiger partial charge in [-0.15, -0.1) is 0 Å². The topological polar surface area (TPSA) is 55.6 Å². The zero-order valence-electron chi connectivity index (χ0n) is 12.9. The summed E-state index contributed by atoms with van der Waals surface area (Å²) in [4.78, 5) is 18.6. The van der Waals surface area contributed by atoms with Gasteiger partial charge in [0.1, 0.15) is 5.76 Å². The van der Waals surface area contributed by atoms with E-state index in [9.17, 15) is 4.79 Å². The van der Waals surface area contributed by atoms with Gasteiger partial charge in [-0.3, -0.25) is 9.78 Å². The summed E-state index contributed by atoms with van der Waals surface area (Å²) in [7, 11) is 1.83. The Balaban J connectivity index is 1.72. The molecule has 0 unspecified atom stereocenters. The van der Waals surface area contributed by atoms with Crippen LogP contribution in [-0.2, 0) is 16.1 Å². The summed E-state index contributed by atoms with van der Waals surface area (Å²) in [5, 5.41) is 0. The predicted molar refractivity (Wildman–Crippen MR) is 81.0 cm³/mol. The maximum absolute atomic E-state index is 12.8. The van der Waals surface area contributed by atoms with Crippen LogP contribution in [0.5, 0.6) is 0 Å². The minimum absolute atomic E-state index is 0.104. The molecule has 0 aromatic carbocycles. The number of hydrogen-bond acceptors (Lipinski definition) is 4. The summed E-state index contributed by atoms with van der Waals surface area (Å²) < 4.78 is 11.1. The summed E-state index contributed by atoms with van der Waals surface area (Å²) in [6.45, 7) is 3.07. The van der Waals surface area contributed by atoms with E-state index in [1.54, 1.807) is 23.6 Å². The van der Waals surface area contributed by atoms with E-state index in [2.05, 4.69) is 4.98 Å². The maximum Gasteiger partial charge on any atom is 0.228 e. The second kappa shape index (κ2) is 6.32. The van der Waals surface area contributed by atoms with Crippen molar-refractivity contribution >= 4 is 5.91 Å². The van der Waals surface area contributed by atoms with Crippen molar-refractivity contribution in [1.29, 1.82) is 0 Å². The molecule has 1 aliphatic rings. The first kappa shape index (κ1) is 14.8. The number of furan rings is 1. The Morgan fingerprint density at radius 3 is 3.00 bits per heavy atom. The number of carbonyl (C=O) groups is 1. The molecule has 1 saturated heterocycles. The van der Waals surface area contributed by atoms with Crippen LogP contribution in [0.3, 0.4) is 0 Å². The Bertz CT molecular complexity index is 638. The van der Waals surface area contributed by atoms with Crippen molar-refractivity contribution in [3.63, 3.8) is 0 Å². The van der Waals surface area contributed by atoms with Crippen LogP contribution in [0.15, 0.2) is 41.3 Å². The fraction of sp³-hybridized carbons (Fsp3) is 0.412. The van der Waals surface area contributed by atoms with Crippen LogP contribution in [0, 0.1) is 12.8 Å². The van der Waals surface area contributed by atoms with E-state index in [1.165, 1.54) is 0 Å². The number of ether oxygens (including phenoxy) is 1. The Labute approximate surface area is 129 Å². The average Bonchev–Trinajstić information content (AvgIpc) is 3.17. The summed E-state index contributed by atoms with van der Waals surface area (Å²) in [6.07, 6.45) is 5.70. The Hall–Kier alpha value is -2.14.